The largest absolute Gasteiger partial charge is 0.416 e. The number of hydrogen-bond donors (Lipinski definition) is 1. The number of amides is 1. The van der Waals surface area contributed by atoms with E-state index in [1.807, 2.05) is 5.38 Å². The molecule has 3 rings (SSSR count). The van der Waals surface area contributed by atoms with Crippen LogP contribution in [-0.4, -0.2) is 20.7 Å². The van der Waals surface area contributed by atoms with Gasteiger partial charge in [-0.05, 0) is 29.6 Å². The van der Waals surface area contributed by atoms with E-state index in [0.29, 0.717) is 5.69 Å². The van der Waals surface area contributed by atoms with Crippen LogP contribution in [0.15, 0.2) is 48.4 Å². The van der Waals surface area contributed by atoms with Crippen molar-refractivity contribution in [3.05, 3.63) is 58.8 Å². The number of nitrogens with zero attached hydrogens (tertiary/aromatic N) is 3. The molecule has 2 heterocycles. The molecule has 0 aliphatic carbocycles. The molecule has 0 bridgehead atoms. The summed E-state index contributed by atoms with van der Waals surface area (Å²) in [6.07, 6.45) is -1.81. The zero-order valence-corrected chi connectivity index (χ0v) is 12.9. The molecule has 0 radical (unpaired) electrons. The third-order valence-electron chi connectivity index (χ3n) is 3.18. The van der Waals surface area contributed by atoms with Crippen LogP contribution in [0.3, 0.4) is 0 Å². The highest BCUT2D eigenvalue weighted by atomic mass is 32.1. The summed E-state index contributed by atoms with van der Waals surface area (Å²) in [4.78, 5) is 16.7. The fourth-order valence-corrected chi connectivity index (χ4v) is 2.81. The van der Waals surface area contributed by atoms with Gasteiger partial charge < -0.3 is 5.32 Å². The highest BCUT2D eigenvalue weighted by molar-refractivity contribution is 7.10. The number of halogens is 3. The Balaban J connectivity index is 1.92. The molecule has 0 spiro atoms. The number of carbonyl (C=O) groups excluding carboxylic acids is 1. The van der Waals surface area contributed by atoms with Crippen LogP contribution < -0.4 is 5.32 Å². The number of anilines is 1. The number of alkyl halides is 3. The predicted octanol–water partition coefficient (Wildman–Crippen LogP) is 3.53. The van der Waals surface area contributed by atoms with Crippen molar-refractivity contribution in [1.82, 2.24) is 14.8 Å². The summed E-state index contributed by atoms with van der Waals surface area (Å²) < 4.78 is 40.1. The highest BCUT2D eigenvalue weighted by Crippen LogP contribution is 2.33. The van der Waals surface area contributed by atoms with E-state index in [4.69, 9.17) is 0 Å². The number of aromatic nitrogens is 3. The van der Waals surface area contributed by atoms with E-state index in [9.17, 15) is 18.0 Å². The lowest BCUT2D eigenvalue weighted by atomic mass is 10.1. The van der Waals surface area contributed by atoms with Crippen molar-refractivity contribution in [3.63, 3.8) is 0 Å². The molecule has 0 aliphatic rings. The summed E-state index contributed by atoms with van der Waals surface area (Å²) in [6, 6.07) is 6.67. The van der Waals surface area contributed by atoms with E-state index < -0.39 is 17.6 Å². The van der Waals surface area contributed by atoms with E-state index in [0.717, 1.165) is 17.0 Å². The molecule has 2 aromatic heterocycles. The Morgan fingerprint density at radius 3 is 2.75 bits per heavy atom. The first kappa shape index (κ1) is 16.2. The van der Waals surface area contributed by atoms with Gasteiger partial charge in [-0.25, -0.2) is 9.67 Å². The molecule has 1 aromatic carbocycles. The standard InChI is InChI=1S/C15H11F3N4OS/c16-15(17,18)10-3-4-13(22-9-19-8-20-22)12(6-10)21-14(23)7-11-2-1-5-24-11/h1-6,8-9H,7H2,(H,21,23). The molecule has 3 aromatic rings. The lowest BCUT2D eigenvalue weighted by Gasteiger charge is -2.14. The molecular formula is C15H11F3N4OS. The van der Waals surface area contributed by atoms with E-state index in [1.165, 1.54) is 34.7 Å². The number of hydrogen-bond acceptors (Lipinski definition) is 4. The smallest absolute Gasteiger partial charge is 0.324 e. The summed E-state index contributed by atoms with van der Waals surface area (Å²) in [6.45, 7) is 0. The monoisotopic (exact) mass is 352 g/mol. The minimum Gasteiger partial charge on any atom is -0.324 e. The molecule has 5 nitrogen and oxygen atoms in total. The maximum absolute atomic E-state index is 12.9. The van der Waals surface area contributed by atoms with Gasteiger partial charge in [0.25, 0.3) is 0 Å². The fourth-order valence-electron chi connectivity index (χ4n) is 2.11. The lowest BCUT2D eigenvalue weighted by Crippen LogP contribution is -2.17. The van der Waals surface area contributed by atoms with Crippen molar-refractivity contribution in [1.29, 1.82) is 0 Å². The van der Waals surface area contributed by atoms with Crippen LogP contribution in [0.2, 0.25) is 0 Å². The number of benzene rings is 1. The second-order valence-corrected chi connectivity index (χ2v) is 5.91. The van der Waals surface area contributed by atoms with Gasteiger partial charge in [-0.1, -0.05) is 6.07 Å². The first-order valence-corrected chi connectivity index (χ1v) is 7.70. The quantitative estimate of drug-likeness (QED) is 0.781. The molecule has 9 heteroatoms. The van der Waals surface area contributed by atoms with Crippen LogP contribution in [0.4, 0.5) is 18.9 Å². The second-order valence-electron chi connectivity index (χ2n) is 4.87. The summed E-state index contributed by atoms with van der Waals surface area (Å²) in [5.41, 5.74) is -0.519. The summed E-state index contributed by atoms with van der Waals surface area (Å²) in [7, 11) is 0. The lowest BCUT2D eigenvalue weighted by molar-refractivity contribution is -0.137. The zero-order valence-electron chi connectivity index (χ0n) is 12.1. The van der Waals surface area contributed by atoms with Crippen LogP contribution in [0.25, 0.3) is 5.69 Å². The van der Waals surface area contributed by atoms with Crippen molar-refractivity contribution in [2.24, 2.45) is 0 Å². The van der Waals surface area contributed by atoms with Gasteiger partial charge in [0.1, 0.15) is 12.7 Å². The van der Waals surface area contributed by atoms with Gasteiger partial charge in [-0.3, -0.25) is 4.79 Å². The maximum Gasteiger partial charge on any atom is 0.416 e. The van der Waals surface area contributed by atoms with Crippen molar-refractivity contribution >= 4 is 22.9 Å². The van der Waals surface area contributed by atoms with Crippen LogP contribution >= 0.6 is 11.3 Å². The number of nitrogens with one attached hydrogen (secondary N) is 1. The number of rotatable bonds is 4. The summed E-state index contributed by atoms with van der Waals surface area (Å²) in [5.74, 6) is -0.405. The van der Waals surface area contributed by atoms with Crippen LogP contribution in [-0.2, 0) is 17.4 Å². The normalized spacial score (nSPS) is 11.5. The van der Waals surface area contributed by atoms with E-state index >= 15 is 0 Å². The van der Waals surface area contributed by atoms with Crippen molar-refractivity contribution in [3.8, 4) is 5.69 Å². The minimum absolute atomic E-state index is 0.0249. The summed E-state index contributed by atoms with van der Waals surface area (Å²) in [5, 5.41) is 8.25. The Hall–Kier alpha value is -2.68. The third kappa shape index (κ3) is 3.62. The average molecular weight is 352 g/mol. The van der Waals surface area contributed by atoms with Crippen LogP contribution in [0.1, 0.15) is 10.4 Å². The average Bonchev–Trinajstić information content (AvgIpc) is 3.19. The van der Waals surface area contributed by atoms with Crippen molar-refractivity contribution in [2.45, 2.75) is 12.6 Å². The first-order chi connectivity index (χ1) is 11.4. The Kier molecular flexibility index (Phi) is 4.34. The molecule has 24 heavy (non-hydrogen) atoms. The van der Waals surface area contributed by atoms with Crippen LogP contribution in [0, 0.1) is 0 Å². The number of thiophene rings is 1. The van der Waals surface area contributed by atoms with Gasteiger partial charge >= 0.3 is 6.18 Å². The molecule has 1 N–H and O–H groups in total. The third-order valence-corrected chi connectivity index (χ3v) is 4.05. The maximum atomic E-state index is 12.9. The highest BCUT2D eigenvalue weighted by Gasteiger charge is 2.31. The Morgan fingerprint density at radius 1 is 1.29 bits per heavy atom. The van der Waals surface area contributed by atoms with E-state index in [2.05, 4.69) is 15.4 Å². The molecule has 0 saturated heterocycles. The molecular weight excluding hydrogens is 341 g/mol. The van der Waals surface area contributed by atoms with E-state index in [-0.39, 0.29) is 12.1 Å². The predicted molar refractivity (Wildman–Crippen MR) is 83.0 cm³/mol. The SMILES string of the molecule is O=C(Cc1cccs1)Nc1cc(C(F)(F)F)ccc1-n1cncn1. The van der Waals surface area contributed by atoms with Gasteiger partial charge in [-0.15, -0.1) is 11.3 Å². The van der Waals surface area contributed by atoms with Gasteiger partial charge in [0.2, 0.25) is 5.91 Å². The molecule has 0 aliphatic heterocycles. The molecule has 0 fully saturated rings. The Labute approximate surface area is 138 Å². The molecule has 0 unspecified atom stereocenters. The van der Waals surface area contributed by atoms with Gasteiger partial charge in [-0.2, -0.15) is 18.3 Å². The second kappa shape index (κ2) is 6.44. The topological polar surface area (TPSA) is 59.8 Å². The van der Waals surface area contributed by atoms with Crippen molar-refractivity contribution < 1.29 is 18.0 Å². The zero-order chi connectivity index (χ0) is 17.2. The first-order valence-electron chi connectivity index (χ1n) is 6.82. The van der Waals surface area contributed by atoms with Gasteiger partial charge in [0.15, 0.2) is 0 Å². The minimum atomic E-state index is -4.51. The molecule has 1 amide bonds. The Bertz CT molecular complexity index is 829. The molecule has 124 valence electrons. The van der Waals surface area contributed by atoms with Crippen molar-refractivity contribution in [2.75, 3.05) is 5.32 Å². The fraction of sp³-hybridized carbons (Fsp3) is 0.133. The summed E-state index contributed by atoms with van der Waals surface area (Å²) >= 11 is 1.40. The molecule has 0 saturated carbocycles. The number of carbonyl (C=O) groups is 1. The molecule has 0 atom stereocenters. The van der Waals surface area contributed by atoms with E-state index in [1.54, 1.807) is 12.1 Å². The van der Waals surface area contributed by atoms with Gasteiger partial charge in [0.05, 0.1) is 23.4 Å². The van der Waals surface area contributed by atoms with Crippen LogP contribution in [0.5, 0.6) is 0 Å². The Morgan fingerprint density at radius 2 is 2.12 bits per heavy atom. The van der Waals surface area contributed by atoms with Gasteiger partial charge in [0, 0.05) is 4.88 Å².